The lowest BCUT2D eigenvalue weighted by Gasteiger charge is -2.74. The highest BCUT2D eigenvalue weighted by molar-refractivity contribution is 6.06. The molecule has 0 aromatic heterocycles. The Hall–Kier alpha value is -2.10. The van der Waals surface area contributed by atoms with Crippen LogP contribution in [0.5, 0.6) is 0 Å². The summed E-state index contributed by atoms with van der Waals surface area (Å²) in [5.41, 5.74) is 2.97. The maximum absolute atomic E-state index is 12.6. The van der Waals surface area contributed by atoms with Gasteiger partial charge in [0.1, 0.15) is 0 Å². The van der Waals surface area contributed by atoms with Crippen LogP contribution < -0.4 is 0 Å². The van der Waals surface area contributed by atoms with Crippen molar-refractivity contribution in [3.8, 4) is 0 Å². The molecule has 0 radical (unpaired) electrons. The molecule has 0 aromatic rings. The summed E-state index contributed by atoms with van der Waals surface area (Å²) >= 11 is 0. The summed E-state index contributed by atoms with van der Waals surface area (Å²) in [6.45, 7) is 15.7. The van der Waals surface area contributed by atoms with Crippen molar-refractivity contribution in [1.29, 1.82) is 0 Å². The maximum atomic E-state index is 12.6. The van der Waals surface area contributed by atoms with Gasteiger partial charge in [-0.15, -0.1) is 0 Å². The topological polar surface area (TPSA) is 74.6 Å². The highest BCUT2D eigenvalue weighted by Crippen LogP contribution is 2.80. The lowest BCUT2D eigenvalue weighted by atomic mass is 9.29. The minimum absolute atomic E-state index is 0.0624. The van der Waals surface area contributed by atoms with Crippen LogP contribution in [-0.4, -0.2) is 22.0 Å². The molecule has 0 unspecified atom stereocenters. The van der Waals surface area contributed by atoms with E-state index in [1.54, 1.807) is 6.08 Å². The molecular formula is C30H40O4. The number of carboxylic acid groups (broad SMARTS) is 1. The number of carbonyl (C=O) groups excluding carboxylic acids is 1. The third kappa shape index (κ3) is 2.45. The van der Waals surface area contributed by atoms with Crippen LogP contribution in [0.1, 0.15) is 93.4 Å². The van der Waals surface area contributed by atoms with E-state index in [9.17, 15) is 19.8 Å². The SMILES string of the molecule is CC1=C(O)C(=O)C=C2C1=CC=C1[C@@]2(C)CC[C@@]2(C)[C@]3(C)C[C@](C)(C(=O)O)CC[C@]3(C)CC[C@]12C. The van der Waals surface area contributed by atoms with E-state index < -0.39 is 11.4 Å². The van der Waals surface area contributed by atoms with Crippen molar-refractivity contribution in [2.45, 2.75) is 93.4 Å². The van der Waals surface area contributed by atoms with Gasteiger partial charge in [-0.2, -0.15) is 0 Å². The first-order chi connectivity index (χ1) is 15.6. The number of aliphatic hydroxyl groups is 1. The van der Waals surface area contributed by atoms with Gasteiger partial charge in [-0.25, -0.2) is 0 Å². The average molecular weight is 465 g/mol. The van der Waals surface area contributed by atoms with E-state index in [1.165, 1.54) is 5.57 Å². The second-order valence-electron chi connectivity index (χ2n) is 13.5. The van der Waals surface area contributed by atoms with E-state index in [2.05, 4.69) is 46.8 Å². The molecule has 0 saturated heterocycles. The predicted molar refractivity (Wildman–Crippen MR) is 133 cm³/mol. The summed E-state index contributed by atoms with van der Waals surface area (Å²) in [7, 11) is 0. The highest BCUT2D eigenvalue weighted by Gasteiger charge is 2.72. The Morgan fingerprint density at radius 1 is 0.882 bits per heavy atom. The average Bonchev–Trinajstić information content (AvgIpc) is 2.76. The van der Waals surface area contributed by atoms with Gasteiger partial charge < -0.3 is 10.2 Å². The van der Waals surface area contributed by atoms with Gasteiger partial charge in [0.15, 0.2) is 5.76 Å². The summed E-state index contributed by atoms with van der Waals surface area (Å²) in [5, 5.41) is 20.5. The number of carbonyl (C=O) groups is 2. The zero-order valence-corrected chi connectivity index (χ0v) is 21.9. The quantitative estimate of drug-likeness (QED) is 0.434. The number of aliphatic hydroxyl groups excluding tert-OH is 1. The molecule has 0 amide bonds. The van der Waals surface area contributed by atoms with E-state index in [0.717, 1.165) is 49.7 Å². The van der Waals surface area contributed by atoms with E-state index in [-0.39, 0.29) is 38.6 Å². The van der Waals surface area contributed by atoms with Crippen molar-refractivity contribution in [1.82, 2.24) is 0 Å². The Balaban J connectivity index is 1.69. The third-order valence-corrected chi connectivity index (χ3v) is 12.3. The zero-order valence-electron chi connectivity index (χ0n) is 21.9. The summed E-state index contributed by atoms with van der Waals surface area (Å²) in [4.78, 5) is 25.0. The Kier molecular flexibility index (Phi) is 4.56. The first-order valence-corrected chi connectivity index (χ1v) is 12.9. The van der Waals surface area contributed by atoms with Crippen LogP contribution in [0.3, 0.4) is 0 Å². The van der Waals surface area contributed by atoms with Gasteiger partial charge >= 0.3 is 5.97 Å². The molecule has 4 nitrogen and oxygen atoms in total. The van der Waals surface area contributed by atoms with E-state index in [4.69, 9.17) is 0 Å². The van der Waals surface area contributed by atoms with Gasteiger partial charge in [0.05, 0.1) is 5.41 Å². The van der Waals surface area contributed by atoms with Crippen molar-refractivity contribution in [2.24, 2.45) is 32.5 Å². The minimum atomic E-state index is -0.692. The van der Waals surface area contributed by atoms with Crippen molar-refractivity contribution in [3.05, 3.63) is 46.3 Å². The van der Waals surface area contributed by atoms with Gasteiger partial charge in [0.2, 0.25) is 5.78 Å². The number of carboxylic acids is 1. The molecule has 0 heterocycles. The molecule has 3 fully saturated rings. The molecule has 5 aliphatic rings. The summed E-state index contributed by atoms with van der Waals surface area (Å²) < 4.78 is 0. The number of aliphatic carboxylic acids is 1. The van der Waals surface area contributed by atoms with Crippen LogP contribution >= 0.6 is 0 Å². The molecule has 5 rings (SSSR count). The number of rotatable bonds is 1. The normalized spacial score (nSPS) is 48.0. The molecule has 0 bridgehead atoms. The molecule has 5 aliphatic carbocycles. The zero-order chi connectivity index (χ0) is 25.1. The first-order valence-electron chi connectivity index (χ1n) is 12.9. The second kappa shape index (κ2) is 6.56. The first kappa shape index (κ1) is 23.6. The predicted octanol–water partition coefficient (Wildman–Crippen LogP) is 7.09. The Morgan fingerprint density at radius 2 is 1.53 bits per heavy atom. The van der Waals surface area contributed by atoms with Crippen LogP contribution in [0, 0.1) is 32.5 Å². The highest BCUT2D eigenvalue weighted by atomic mass is 16.4. The second-order valence-corrected chi connectivity index (χ2v) is 13.5. The molecular weight excluding hydrogens is 424 g/mol. The largest absolute Gasteiger partial charge is 0.504 e. The van der Waals surface area contributed by atoms with Gasteiger partial charge in [-0.05, 0) is 97.7 Å². The minimum Gasteiger partial charge on any atom is -0.504 e. The van der Waals surface area contributed by atoms with Crippen molar-refractivity contribution in [2.75, 3.05) is 0 Å². The van der Waals surface area contributed by atoms with Gasteiger partial charge in [-0.3, -0.25) is 9.59 Å². The van der Waals surface area contributed by atoms with Gasteiger partial charge in [0.25, 0.3) is 0 Å². The molecule has 0 aliphatic heterocycles. The summed E-state index contributed by atoms with van der Waals surface area (Å²) in [5.74, 6) is -1.10. The van der Waals surface area contributed by atoms with E-state index >= 15 is 0 Å². The fourth-order valence-corrected chi connectivity index (χ4v) is 9.27. The standard InChI is InChI=1S/C30H40O4/c1-18-19-8-9-22-27(4,20(19)16-21(31)23(18)32)13-15-29(6)28(22,5)14-12-26(3)11-10-25(2,24(33)34)17-30(26,29)7/h8-9,16,32H,10-15,17H2,1-7H3,(H,33,34)/t25-,26-,27+,28-,29-,30-/m1/s1. The summed E-state index contributed by atoms with van der Waals surface area (Å²) in [6.07, 6.45) is 12.6. The number of ketones is 1. The number of hydrogen-bond acceptors (Lipinski definition) is 3. The van der Waals surface area contributed by atoms with Crippen LogP contribution in [0.15, 0.2) is 46.3 Å². The third-order valence-electron chi connectivity index (χ3n) is 12.3. The Bertz CT molecular complexity index is 1150. The molecule has 2 N–H and O–H groups in total. The molecule has 4 heteroatoms. The molecule has 0 spiro atoms. The lowest BCUT2D eigenvalue weighted by molar-refractivity contribution is -0.227. The van der Waals surface area contributed by atoms with E-state index in [1.807, 2.05) is 13.8 Å². The smallest absolute Gasteiger partial charge is 0.309 e. The number of allylic oxidation sites excluding steroid dienone is 7. The van der Waals surface area contributed by atoms with Crippen LogP contribution in [0.2, 0.25) is 0 Å². The number of fused-ring (bicyclic) bond motifs is 7. The molecule has 34 heavy (non-hydrogen) atoms. The molecule has 3 saturated carbocycles. The fraction of sp³-hybridized carbons (Fsp3) is 0.667. The monoisotopic (exact) mass is 464 g/mol. The maximum Gasteiger partial charge on any atom is 0.309 e. The lowest BCUT2D eigenvalue weighted by Crippen LogP contribution is -2.67. The van der Waals surface area contributed by atoms with Crippen molar-refractivity contribution in [3.63, 3.8) is 0 Å². The molecule has 0 aromatic carbocycles. The van der Waals surface area contributed by atoms with Gasteiger partial charge in [-0.1, -0.05) is 52.3 Å². The summed E-state index contributed by atoms with van der Waals surface area (Å²) in [6, 6.07) is 0. The van der Waals surface area contributed by atoms with Crippen LogP contribution in [-0.2, 0) is 9.59 Å². The Morgan fingerprint density at radius 3 is 2.18 bits per heavy atom. The fourth-order valence-electron chi connectivity index (χ4n) is 9.27. The van der Waals surface area contributed by atoms with Crippen LogP contribution in [0.25, 0.3) is 0 Å². The van der Waals surface area contributed by atoms with Crippen molar-refractivity contribution >= 4 is 11.8 Å². The van der Waals surface area contributed by atoms with Crippen LogP contribution in [0.4, 0.5) is 0 Å². The molecule has 184 valence electrons. The van der Waals surface area contributed by atoms with Gasteiger partial charge in [0, 0.05) is 11.0 Å². The number of hydrogen-bond donors (Lipinski definition) is 2. The Labute approximate surface area is 203 Å². The van der Waals surface area contributed by atoms with E-state index in [0.29, 0.717) is 12.0 Å². The molecule has 6 atom stereocenters. The van der Waals surface area contributed by atoms with Crippen molar-refractivity contribution < 1.29 is 19.8 Å².